The highest BCUT2D eigenvalue weighted by Gasteiger charge is 2.67. The van der Waals surface area contributed by atoms with Gasteiger partial charge in [0.05, 0.1) is 13.2 Å². The largest absolute Gasteiger partial charge is 0.432 e. The Morgan fingerprint density at radius 1 is 0.841 bits per heavy atom. The molecule has 3 aromatic carbocycles. The van der Waals surface area contributed by atoms with Crippen LogP contribution >= 0.6 is 10.2 Å². The highest BCUT2D eigenvalue weighted by Crippen LogP contribution is 3.02. The van der Waals surface area contributed by atoms with E-state index in [-0.39, 0.29) is 59.9 Å². The van der Waals surface area contributed by atoms with Gasteiger partial charge in [0.2, 0.25) is 0 Å². The fourth-order valence-electron chi connectivity index (χ4n) is 4.56. The van der Waals surface area contributed by atoms with Gasteiger partial charge in [-0.2, -0.15) is 8.78 Å². The maximum atomic E-state index is 14.9. The van der Waals surface area contributed by atoms with Crippen LogP contribution < -0.4 is 4.74 Å². The molecule has 0 N–H and O–H groups in total. The quantitative estimate of drug-likeness (QED) is 0.178. The van der Waals surface area contributed by atoms with Gasteiger partial charge in [-0.25, -0.2) is 13.2 Å². The topological polar surface area (TPSA) is 27.7 Å². The normalized spacial score (nSPS) is 19.0. The molecular weight excluding hydrogens is 630 g/mol. The molecule has 3 nitrogen and oxygen atoms in total. The van der Waals surface area contributed by atoms with Crippen molar-refractivity contribution in [1.82, 2.24) is 0 Å². The van der Waals surface area contributed by atoms with Crippen molar-refractivity contribution in [3.8, 4) is 17.6 Å². The smallest absolute Gasteiger partial charge is 0.429 e. The molecule has 4 rings (SSSR count). The SMILES string of the molecule is CCCC1COC(c2cc(F)c(C(F)(F)Oc3ccc(C#Cc4cc(F)c(S(F)(F)(F)(F)F)cc4CC)cc3)c(F)c2)OC1. The van der Waals surface area contributed by atoms with Crippen LogP contribution in [0.4, 0.5) is 41.4 Å². The second-order valence-corrected chi connectivity index (χ2v) is 12.5. The minimum atomic E-state index is -10.3. The van der Waals surface area contributed by atoms with Crippen molar-refractivity contribution in [3.63, 3.8) is 0 Å². The molecule has 0 spiro atoms. The van der Waals surface area contributed by atoms with Crippen LogP contribution in [0.15, 0.2) is 53.4 Å². The molecule has 14 heteroatoms. The Morgan fingerprint density at radius 2 is 1.43 bits per heavy atom. The van der Waals surface area contributed by atoms with Crippen LogP contribution in [0.2, 0.25) is 0 Å². The highest BCUT2D eigenvalue weighted by molar-refractivity contribution is 8.45. The van der Waals surface area contributed by atoms with E-state index in [1.165, 1.54) is 6.92 Å². The fraction of sp³-hybridized carbons (Fsp3) is 0.333. The molecule has 0 radical (unpaired) electrons. The van der Waals surface area contributed by atoms with Gasteiger partial charge in [0.25, 0.3) is 0 Å². The van der Waals surface area contributed by atoms with Crippen LogP contribution in [-0.2, 0) is 22.0 Å². The van der Waals surface area contributed by atoms with Crippen molar-refractivity contribution < 1.29 is 55.6 Å². The molecule has 0 bridgehead atoms. The van der Waals surface area contributed by atoms with E-state index >= 15 is 0 Å². The predicted molar refractivity (Wildman–Crippen MR) is 144 cm³/mol. The van der Waals surface area contributed by atoms with Crippen molar-refractivity contribution in [2.24, 2.45) is 5.92 Å². The van der Waals surface area contributed by atoms with Crippen molar-refractivity contribution in [2.75, 3.05) is 13.2 Å². The lowest BCUT2D eigenvalue weighted by molar-refractivity contribution is -0.206. The van der Waals surface area contributed by atoms with Gasteiger partial charge >= 0.3 is 16.3 Å². The third-order valence-electron chi connectivity index (χ3n) is 6.69. The first-order valence-corrected chi connectivity index (χ1v) is 15.2. The standard InChI is InChI=1S/C30H26F10O3S/c1-3-5-19-16-41-29(42-17-19)22-13-25(32)28(26(33)14-22)30(34,35)43-23-10-7-18(8-11-23)6-9-21-12-24(31)27(15-20(21)4-2)44(36,37,38,39)40/h7-8,10-15,19,29H,3-5,16-17H2,1-2H3. The molecule has 0 atom stereocenters. The van der Waals surface area contributed by atoms with E-state index in [2.05, 4.69) is 16.6 Å². The van der Waals surface area contributed by atoms with E-state index in [1.54, 1.807) is 0 Å². The van der Waals surface area contributed by atoms with Crippen LogP contribution in [0, 0.1) is 35.2 Å². The second kappa shape index (κ2) is 11.5. The zero-order chi connectivity index (χ0) is 32.6. The van der Waals surface area contributed by atoms with Gasteiger partial charge in [0.1, 0.15) is 33.7 Å². The molecule has 1 heterocycles. The summed E-state index contributed by atoms with van der Waals surface area (Å²) in [5.74, 6) is -0.948. The highest BCUT2D eigenvalue weighted by atomic mass is 32.5. The van der Waals surface area contributed by atoms with E-state index in [0.29, 0.717) is 12.1 Å². The maximum Gasteiger partial charge on any atom is 0.432 e. The number of ether oxygens (including phenoxy) is 3. The summed E-state index contributed by atoms with van der Waals surface area (Å²) in [5, 5.41) is 0. The summed E-state index contributed by atoms with van der Waals surface area (Å²) in [6.07, 6.45) is -4.05. The average molecular weight is 657 g/mol. The van der Waals surface area contributed by atoms with Crippen molar-refractivity contribution in [1.29, 1.82) is 0 Å². The van der Waals surface area contributed by atoms with E-state index in [4.69, 9.17) is 9.47 Å². The summed E-state index contributed by atoms with van der Waals surface area (Å²) in [5.41, 5.74) is -2.25. The molecule has 3 aromatic rings. The second-order valence-electron chi connectivity index (χ2n) is 10.2. The van der Waals surface area contributed by atoms with Gasteiger partial charge in [-0.1, -0.05) is 51.5 Å². The first-order valence-electron chi connectivity index (χ1n) is 13.3. The van der Waals surface area contributed by atoms with Crippen molar-refractivity contribution in [2.45, 2.75) is 50.4 Å². The van der Waals surface area contributed by atoms with E-state index < -0.39 is 56.3 Å². The third-order valence-corrected chi connectivity index (χ3v) is 7.83. The van der Waals surface area contributed by atoms with Gasteiger partial charge < -0.3 is 14.2 Å². The summed E-state index contributed by atoms with van der Waals surface area (Å²) < 4.78 is 155. The number of hydrogen-bond acceptors (Lipinski definition) is 3. The molecule has 0 amide bonds. The lowest BCUT2D eigenvalue weighted by atomic mass is 10.0. The number of hydrogen-bond donors (Lipinski definition) is 0. The number of halogens is 10. The van der Waals surface area contributed by atoms with Gasteiger partial charge in [0.15, 0.2) is 6.29 Å². The lowest BCUT2D eigenvalue weighted by Gasteiger charge is -2.40. The van der Waals surface area contributed by atoms with Crippen LogP contribution in [0.3, 0.4) is 0 Å². The number of rotatable bonds is 8. The summed E-state index contributed by atoms with van der Waals surface area (Å²) in [6.45, 7) is 3.90. The van der Waals surface area contributed by atoms with E-state index in [9.17, 15) is 41.4 Å². The Morgan fingerprint density at radius 3 is 1.95 bits per heavy atom. The molecule has 1 saturated heterocycles. The molecule has 1 aliphatic heterocycles. The predicted octanol–water partition coefficient (Wildman–Crippen LogP) is 10.3. The number of alkyl halides is 2. The van der Waals surface area contributed by atoms with E-state index in [0.717, 1.165) is 37.1 Å². The molecule has 0 aromatic heterocycles. The number of benzene rings is 3. The van der Waals surface area contributed by atoms with Crippen LogP contribution in [0.25, 0.3) is 0 Å². The van der Waals surface area contributed by atoms with Gasteiger partial charge in [-0.3, -0.25) is 0 Å². The number of aryl methyl sites for hydroxylation is 1. The molecule has 0 unspecified atom stereocenters. The zero-order valence-electron chi connectivity index (χ0n) is 23.2. The Labute approximate surface area is 246 Å². The minimum absolute atomic E-state index is 0.0167. The van der Waals surface area contributed by atoms with Gasteiger partial charge in [-0.05, 0) is 66.9 Å². The van der Waals surface area contributed by atoms with Gasteiger partial charge in [-0.15, -0.1) is 0 Å². The third kappa shape index (κ3) is 7.80. The molecule has 0 aliphatic carbocycles. The molecular formula is C30H26F10O3S. The summed E-state index contributed by atoms with van der Waals surface area (Å²) in [6, 6.07) is 5.87. The molecule has 1 fully saturated rings. The first-order chi connectivity index (χ1) is 20.3. The van der Waals surface area contributed by atoms with Crippen LogP contribution in [-0.4, -0.2) is 13.2 Å². The monoisotopic (exact) mass is 656 g/mol. The average Bonchev–Trinajstić information content (AvgIpc) is 2.91. The molecule has 0 saturated carbocycles. The van der Waals surface area contributed by atoms with Crippen LogP contribution in [0.5, 0.6) is 5.75 Å². The first kappa shape index (κ1) is 33.5. The molecule has 240 valence electrons. The molecule has 44 heavy (non-hydrogen) atoms. The summed E-state index contributed by atoms with van der Waals surface area (Å²) >= 11 is 0. The fourth-order valence-corrected chi connectivity index (χ4v) is 5.35. The molecule has 1 aliphatic rings. The Kier molecular flexibility index (Phi) is 8.75. The van der Waals surface area contributed by atoms with Crippen molar-refractivity contribution >= 4 is 10.2 Å². The van der Waals surface area contributed by atoms with E-state index in [1.807, 2.05) is 6.92 Å². The minimum Gasteiger partial charge on any atom is -0.429 e. The Bertz CT molecular complexity index is 1570. The summed E-state index contributed by atoms with van der Waals surface area (Å²) in [4.78, 5) is -2.64. The van der Waals surface area contributed by atoms with Crippen molar-refractivity contribution in [3.05, 3.63) is 93.8 Å². The lowest BCUT2D eigenvalue weighted by Crippen LogP contribution is -2.28. The van der Waals surface area contributed by atoms with Crippen LogP contribution in [0.1, 0.15) is 60.8 Å². The Balaban J connectivity index is 1.50. The maximum absolute atomic E-state index is 14.9. The zero-order valence-corrected chi connectivity index (χ0v) is 24.0. The van der Waals surface area contributed by atoms with Gasteiger partial charge in [0, 0.05) is 22.6 Å². The Hall–Kier alpha value is -3.41. The summed E-state index contributed by atoms with van der Waals surface area (Å²) in [7, 11) is -10.3.